The van der Waals surface area contributed by atoms with Gasteiger partial charge < -0.3 is 10.2 Å². The van der Waals surface area contributed by atoms with E-state index in [9.17, 15) is 0 Å². The largest absolute Gasteiger partial charge is 0.366 e. The zero-order valence-corrected chi connectivity index (χ0v) is 4.48. The highest BCUT2D eigenvalue weighted by molar-refractivity contribution is 5.14. The second kappa shape index (κ2) is 1.47. The molecular formula is C5H8N2O. The number of nitrogens with one attached hydrogen (secondary N) is 2. The molecule has 0 aromatic rings. The third-order valence-corrected chi connectivity index (χ3v) is 1.47. The van der Waals surface area contributed by atoms with E-state index in [1.165, 1.54) is 5.70 Å². The predicted octanol–water partition coefficient (Wildman–Crippen LogP) is -0.623. The average molecular weight is 112 g/mol. The molecule has 0 saturated carbocycles. The first-order chi connectivity index (χ1) is 3.97. The summed E-state index contributed by atoms with van der Waals surface area (Å²) in [5, 5.41) is 0. The van der Waals surface area contributed by atoms with E-state index in [-0.39, 0.29) is 0 Å². The molecule has 2 rings (SSSR count). The summed E-state index contributed by atoms with van der Waals surface area (Å²) in [6, 6.07) is 0. The SMILES string of the molecule is C1=C2NNCC2OC1. The van der Waals surface area contributed by atoms with Crippen molar-refractivity contribution in [2.24, 2.45) is 0 Å². The van der Waals surface area contributed by atoms with Crippen LogP contribution in [-0.2, 0) is 4.74 Å². The van der Waals surface area contributed by atoms with Crippen LogP contribution >= 0.6 is 0 Å². The van der Waals surface area contributed by atoms with Crippen LogP contribution in [0.1, 0.15) is 0 Å². The van der Waals surface area contributed by atoms with E-state index in [1.807, 2.05) is 0 Å². The zero-order chi connectivity index (χ0) is 5.40. The van der Waals surface area contributed by atoms with Gasteiger partial charge in [-0.1, -0.05) is 0 Å². The van der Waals surface area contributed by atoms with E-state index in [1.54, 1.807) is 0 Å². The number of fused-ring (bicyclic) bond motifs is 1. The van der Waals surface area contributed by atoms with Crippen LogP contribution in [0.2, 0.25) is 0 Å². The summed E-state index contributed by atoms with van der Waals surface area (Å²) in [4.78, 5) is 0. The van der Waals surface area contributed by atoms with Gasteiger partial charge in [0.15, 0.2) is 0 Å². The van der Waals surface area contributed by atoms with Gasteiger partial charge in [0.05, 0.1) is 12.3 Å². The first-order valence-corrected chi connectivity index (χ1v) is 2.77. The molecule has 1 unspecified atom stereocenters. The molecule has 1 fully saturated rings. The molecule has 0 aromatic carbocycles. The Bertz CT molecular complexity index is 132. The minimum Gasteiger partial charge on any atom is -0.366 e. The number of ether oxygens (including phenoxy) is 1. The van der Waals surface area contributed by atoms with Gasteiger partial charge in [0.2, 0.25) is 0 Å². The number of hydrazine groups is 1. The monoisotopic (exact) mass is 112 g/mol. The lowest BCUT2D eigenvalue weighted by Gasteiger charge is -1.98. The van der Waals surface area contributed by atoms with Crippen molar-refractivity contribution in [3.8, 4) is 0 Å². The summed E-state index contributed by atoms with van der Waals surface area (Å²) in [5.41, 5.74) is 7.18. The molecule has 0 bridgehead atoms. The number of rotatable bonds is 0. The van der Waals surface area contributed by atoms with Crippen molar-refractivity contribution in [1.29, 1.82) is 0 Å². The quantitative estimate of drug-likeness (QED) is 0.438. The van der Waals surface area contributed by atoms with Crippen molar-refractivity contribution in [3.05, 3.63) is 11.8 Å². The molecule has 2 heterocycles. The summed E-state index contributed by atoms with van der Waals surface area (Å²) in [7, 11) is 0. The Kier molecular flexibility index (Phi) is 0.797. The number of hydrogen-bond donors (Lipinski definition) is 2. The van der Waals surface area contributed by atoms with Gasteiger partial charge in [-0.2, -0.15) is 0 Å². The first kappa shape index (κ1) is 4.35. The van der Waals surface area contributed by atoms with E-state index in [0.29, 0.717) is 6.10 Å². The van der Waals surface area contributed by atoms with Gasteiger partial charge in [-0.3, -0.25) is 0 Å². The Hall–Kier alpha value is -0.540. The fourth-order valence-electron chi connectivity index (χ4n) is 1.02. The first-order valence-electron chi connectivity index (χ1n) is 2.77. The fraction of sp³-hybridized carbons (Fsp3) is 0.600. The van der Waals surface area contributed by atoms with E-state index in [2.05, 4.69) is 16.9 Å². The van der Waals surface area contributed by atoms with E-state index < -0.39 is 0 Å². The Morgan fingerprint density at radius 1 is 1.75 bits per heavy atom. The van der Waals surface area contributed by atoms with Crippen molar-refractivity contribution >= 4 is 0 Å². The van der Waals surface area contributed by atoms with Crippen molar-refractivity contribution in [3.63, 3.8) is 0 Å². The highest BCUT2D eigenvalue weighted by atomic mass is 16.5. The normalized spacial score (nSPS) is 34.0. The summed E-state index contributed by atoms with van der Waals surface area (Å²) >= 11 is 0. The fourth-order valence-corrected chi connectivity index (χ4v) is 1.02. The van der Waals surface area contributed by atoms with Gasteiger partial charge in [0, 0.05) is 6.54 Å². The summed E-state index contributed by atoms with van der Waals surface area (Å²) in [5.74, 6) is 0. The second-order valence-electron chi connectivity index (χ2n) is 1.99. The average Bonchev–Trinajstić information content (AvgIpc) is 2.15. The van der Waals surface area contributed by atoms with Gasteiger partial charge >= 0.3 is 0 Å². The Morgan fingerprint density at radius 3 is 3.62 bits per heavy atom. The number of hydrogen-bond acceptors (Lipinski definition) is 3. The minimum atomic E-state index is 0.315. The maximum absolute atomic E-state index is 5.26. The molecule has 0 aromatic heterocycles. The highest BCUT2D eigenvalue weighted by Crippen LogP contribution is 2.12. The molecule has 0 spiro atoms. The van der Waals surface area contributed by atoms with Crippen molar-refractivity contribution < 1.29 is 4.74 Å². The minimum absolute atomic E-state index is 0.315. The van der Waals surface area contributed by atoms with Gasteiger partial charge in [0.25, 0.3) is 0 Å². The van der Waals surface area contributed by atoms with Gasteiger partial charge in [-0.05, 0) is 6.08 Å². The maximum Gasteiger partial charge on any atom is 0.113 e. The molecular weight excluding hydrogens is 104 g/mol. The van der Waals surface area contributed by atoms with Gasteiger partial charge in [-0.25, -0.2) is 5.43 Å². The third kappa shape index (κ3) is 0.454. The van der Waals surface area contributed by atoms with Crippen LogP contribution in [0.25, 0.3) is 0 Å². The van der Waals surface area contributed by atoms with Crippen LogP contribution in [0.3, 0.4) is 0 Å². The lowest BCUT2D eigenvalue weighted by Crippen LogP contribution is -2.21. The zero-order valence-electron chi connectivity index (χ0n) is 4.48. The maximum atomic E-state index is 5.26. The Morgan fingerprint density at radius 2 is 2.75 bits per heavy atom. The highest BCUT2D eigenvalue weighted by Gasteiger charge is 2.23. The lowest BCUT2D eigenvalue weighted by atomic mass is 10.3. The van der Waals surface area contributed by atoms with Crippen LogP contribution in [0.4, 0.5) is 0 Å². The van der Waals surface area contributed by atoms with Gasteiger partial charge in [-0.15, -0.1) is 0 Å². The molecule has 2 aliphatic rings. The van der Waals surface area contributed by atoms with Crippen molar-refractivity contribution in [2.45, 2.75) is 6.10 Å². The molecule has 44 valence electrons. The van der Waals surface area contributed by atoms with E-state index in [0.717, 1.165) is 13.2 Å². The van der Waals surface area contributed by atoms with Crippen molar-refractivity contribution in [2.75, 3.05) is 13.2 Å². The second-order valence-corrected chi connectivity index (χ2v) is 1.99. The topological polar surface area (TPSA) is 33.3 Å². The van der Waals surface area contributed by atoms with Crippen LogP contribution in [0.5, 0.6) is 0 Å². The smallest absolute Gasteiger partial charge is 0.113 e. The van der Waals surface area contributed by atoms with Crippen LogP contribution in [0, 0.1) is 0 Å². The molecule has 3 nitrogen and oxygen atoms in total. The van der Waals surface area contributed by atoms with Crippen LogP contribution in [0.15, 0.2) is 11.8 Å². The van der Waals surface area contributed by atoms with Gasteiger partial charge in [0.1, 0.15) is 6.10 Å². The molecule has 0 radical (unpaired) electrons. The summed E-state index contributed by atoms with van der Waals surface area (Å²) in [6.07, 6.45) is 2.37. The summed E-state index contributed by atoms with van der Waals surface area (Å²) < 4.78 is 5.26. The van der Waals surface area contributed by atoms with E-state index in [4.69, 9.17) is 4.74 Å². The molecule has 8 heavy (non-hydrogen) atoms. The summed E-state index contributed by atoms with van der Waals surface area (Å²) in [6.45, 7) is 1.68. The Labute approximate surface area is 47.7 Å². The Balaban J connectivity index is 2.20. The molecule has 2 N–H and O–H groups in total. The van der Waals surface area contributed by atoms with Crippen molar-refractivity contribution in [1.82, 2.24) is 10.9 Å². The third-order valence-electron chi connectivity index (χ3n) is 1.47. The molecule has 2 aliphatic heterocycles. The molecule has 1 atom stereocenters. The van der Waals surface area contributed by atoms with Crippen LogP contribution < -0.4 is 10.9 Å². The predicted molar refractivity (Wildman–Crippen MR) is 29.0 cm³/mol. The molecule has 0 aliphatic carbocycles. The molecule has 0 amide bonds. The van der Waals surface area contributed by atoms with E-state index >= 15 is 0 Å². The molecule has 3 heteroatoms. The standard InChI is InChI=1S/C5H8N2O/c1-2-8-5-3-6-7-4(1)5/h1,5-7H,2-3H2. The molecule has 1 saturated heterocycles. The lowest BCUT2D eigenvalue weighted by molar-refractivity contribution is 0.133. The van der Waals surface area contributed by atoms with Crippen LogP contribution in [-0.4, -0.2) is 19.3 Å².